The van der Waals surface area contributed by atoms with Crippen molar-refractivity contribution in [3.05, 3.63) is 10.9 Å². The minimum Gasteiger partial charge on any atom is -0.403 e. The van der Waals surface area contributed by atoms with E-state index in [9.17, 15) is 9.59 Å². The van der Waals surface area contributed by atoms with Gasteiger partial charge in [0.25, 0.3) is 5.91 Å². The van der Waals surface area contributed by atoms with Gasteiger partial charge in [0.2, 0.25) is 5.91 Å². The first-order chi connectivity index (χ1) is 9.47. The van der Waals surface area contributed by atoms with Crippen LogP contribution in [-0.4, -0.2) is 33.9 Å². The van der Waals surface area contributed by atoms with Crippen molar-refractivity contribution in [1.29, 1.82) is 0 Å². The molecule has 108 valence electrons. The molecule has 3 rings (SSSR count). The third-order valence-corrected chi connectivity index (χ3v) is 4.93. The van der Waals surface area contributed by atoms with Crippen LogP contribution in [0, 0.1) is 0 Å². The first-order valence-corrected chi connectivity index (χ1v) is 7.51. The van der Waals surface area contributed by atoms with Crippen molar-refractivity contribution in [1.82, 2.24) is 9.96 Å². The van der Waals surface area contributed by atoms with Gasteiger partial charge in [0.1, 0.15) is 5.54 Å². The molecule has 0 unspecified atom stereocenters. The molecule has 0 radical (unpaired) electrons. The molecule has 0 aromatic carbocycles. The quantitative estimate of drug-likeness (QED) is 0.834. The third-order valence-electron chi connectivity index (χ3n) is 4.10. The van der Waals surface area contributed by atoms with E-state index in [0.717, 1.165) is 16.3 Å². The van der Waals surface area contributed by atoms with Crippen LogP contribution in [0.3, 0.4) is 0 Å². The van der Waals surface area contributed by atoms with E-state index in [-0.39, 0.29) is 11.8 Å². The predicted octanol–water partition coefficient (Wildman–Crippen LogP) is 1.37. The Hall–Kier alpha value is -1.60. The molecule has 0 aliphatic carbocycles. The highest BCUT2D eigenvalue weighted by molar-refractivity contribution is 7.14. The highest BCUT2D eigenvalue weighted by Crippen LogP contribution is 2.42. The molecule has 2 aliphatic heterocycles. The summed E-state index contributed by atoms with van der Waals surface area (Å²) in [5.41, 5.74) is 6.02. The number of fused-ring (bicyclic) bond motifs is 1. The number of rotatable bonds is 2. The standard InChI is InChI=1S/C13H17N3O3S/c1-3-15-10(17)4-5-13(2,12(15)18)16-6-8-9(19-16)7-20-11(8)14/h7H,3-6,14H2,1-2H3/t13-/m1/s1. The molecule has 0 bridgehead atoms. The van der Waals surface area contributed by atoms with Crippen LogP contribution in [0.4, 0.5) is 5.00 Å². The van der Waals surface area contributed by atoms with E-state index in [4.69, 9.17) is 10.6 Å². The van der Waals surface area contributed by atoms with Crippen molar-refractivity contribution >= 4 is 28.2 Å². The minimum absolute atomic E-state index is 0.108. The molecule has 2 aliphatic rings. The average Bonchev–Trinajstić information content (AvgIpc) is 2.98. The van der Waals surface area contributed by atoms with Gasteiger partial charge in [-0.05, 0) is 20.3 Å². The van der Waals surface area contributed by atoms with Crippen molar-refractivity contribution in [2.75, 3.05) is 12.3 Å². The number of hydrogen-bond donors (Lipinski definition) is 1. The van der Waals surface area contributed by atoms with Crippen molar-refractivity contribution in [3.63, 3.8) is 0 Å². The lowest BCUT2D eigenvalue weighted by molar-refractivity contribution is -0.182. The number of carbonyl (C=O) groups excluding carboxylic acids is 2. The van der Waals surface area contributed by atoms with Crippen molar-refractivity contribution in [3.8, 4) is 5.75 Å². The number of likely N-dealkylation sites (tertiary alicyclic amines) is 1. The Bertz CT molecular complexity index is 585. The highest BCUT2D eigenvalue weighted by atomic mass is 32.1. The summed E-state index contributed by atoms with van der Waals surface area (Å²) in [5, 5.41) is 4.24. The number of thiophene rings is 1. The summed E-state index contributed by atoms with van der Waals surface area (Å²) in [4.78, 5) is 31.5. The first kappa shape index (κ1) is 13.4. The molecule has 7 heteroatoms. The fourth-order valence-electron chi connectivity index (χ4n) is 2.73. The summed E-state index contributed by atoms with van der Waals surface area (Å²) in [6.45, 7) is 4.51. The first-order valence-electron chi connectivity index (χ1n) is 6.63. The lowest BCUT2D eigenvalue weighted by atomic mass is 9.89. The van der Waals surface area contributed by atoms with E-state index >= 15 is 0 Å². The molecule has 1 saturated heterocycles. The Morgan fingerprint density at radius 2 is 2.25 bits per heavy atom. The monoisotopic (exact) mass is 295 g/mol. The number of hydrogen-bond acceptors (Lipinski definition) is 6. The SMILES string of the molecule is CCN1C(=O)CC[C@@](C)(N2Cc3c(csc3N)O2)C1=O. The third kappa shape index (κ3) is 1.73. The van der Waals surface area contributed by atoms with Crippen LogP contribution >= 0.6 is 11.3 Å². The minimum atomic E-state index is -0.812. The maximum absolute atomic E-state index is 12.6. The van der Waals surface area contributed by atoms with Crippen LogP contribution in [-0.2, 0) is 16.1 Å². The number of hydroxylamine groups is 2. The zero-order valence-electron chi connectivity index (χ0n) is 11.5. The number of likely N-dealkylation sites (N-methyl/N-ethyl adjacent to an activating group) is 1. The summed E-state index contributed by atoms with van der Waals surface area (Å²) in [5.74, 6) is 0.424. The van der Waals surface area contributed by atoms with Gasteiger partial charge in [-0.15, -0.1) is 16.4 Å². The molecule has 0 saturated carbocycles. The van der Waals surface area contributed by atoms with Crippen LogP contribution in [0.2, 0.25) is 0 Å². The second-order valence-corrected chi connectivity index (χ2v) is 6.20. The molecule has 1 aromatic heterocycles. The number of amides is 2. The average molecular weight is 295 g/mol. The molecule has 1 aromatic rings. The molecule has 1 atom stereocenters. The van der Waals surface area contributed by atoms with Gasteiger partial charge in [0, 0.05) is 23.9 Å². The second-order valence-electron chi connectivity index (χ2n) is 5.29. The highest BCUT2D eigenvalue weighted by Gasteiger charge is 2.50. The van der Waals surface area contributed by atoms with Gasteiger partial charge in [-0.1, -0.05) is 0 Å². The van der Waals surface area contributed by atoms with Crippen molar-refractivity contribution in [2.24, 2.45) is 0 Å². The van der Waals surface area contributed by atoms with Gasteiger partial charge in [-0.3, -0.25) is 14.5 Å². The number of piperidine rings is 1. The second kappa shape index (κ2) is 4.46. The largest absolute Gasteiger partial charge is 0.403 e. The number of nitrogens with two attached hydrogens (primary N) is 1. The van der Waals surface area contributed by atoms with Crippen LogP contribution in [0.5, 0.6) is 5.75 Å². The summed E-state index contributed by atoms with van der Waals surface area (Å²) in [6.07, 6.45) is 0.826. The molecule has 2 N–H and O–H groups in total. The number of carbonyl (C=O) groups is 2. The van der Waals surface area contributed by atoms with E-state index in [2.05, 4.69) is 0 Å². The summed E-state index contributed by atoms with van der Waals surface area (Å²) >= 11 is 1.44. The number of anilines is 1. The van der Waals surface area contributed by atoms with Crippen LogP contribution in [0.25, 0.3) is 0 Å². The van der Waals surface area contributed by atoms with Crippen molar-refractivity contribution < 1.29 is 14.4 Å². The van der Waals surface area contributed by atoms with Crippen molar-refractivity contribution in [2.45, 2.75) is 38.8 Å². The van der Waals surface area contributed by atoms with Gasteiger partial charge in [0.15, 0.2) is 5.75 Å². The zero-order chi connectivity index (χ0) is 14.5. The van der Waals surface area contributed by atoms with Gasteiger partial charge >= 0.3 is 0 Å². The van der Waals surface area contributed by atoms with E-state index in [0.29, 0.717) is 25.9 Å². The fraction of sp³-hybridized carbons (Fsp3) is 0.538. The Kier molecular flexibility index (Phi) is 2.98. The smallest absolute Gasteiger partial charge is 0.252 e. The van der Waals surface area contributed by atoms with Crippen LogP contribution < -0.4 is 10.6 Å². The number of imide groups is 1. The number of nitrogens with zero attached hydrogens (tertiary/aromatic N) is 2. The predicted molar refractivity (Wildman–Crippen MR) is 74.9 cm³/mol. The van der Waals surface area contributed by atoms with Gasteiger partial charge in [-0.2, -0.15) is 0 Å². The lowest BCUT2D eigenvalue weighted by Crippen LogP contribution is -2.62. The molecule has 3 heterocycles. The van der Waals surface area contributed by atoms with Gasteiger partial charge in [0.05, 0.1) is 11.5 Å². The molecule has 20 heavy (non-hydrogen) atoms. The Morgan fingerprint density at radius 1 is 1.50 bits per heavy atom. The lowest BCUT2D eigenvalue weighted by Gasteiger charge is -2.41. The van der Waals surface area contributed by atoms with E-state index < -0.39 is 5.54 Å². The summed E-state index contributed by atoms with van der Waals surface area (Å²) in [7, 11) is 0. The van der Waals surface area contributed by atoms with Gasteiger partial charge in [-0.25, -0.2) is 0 Å². The fourth-order valence-corrected chi connectivity index (χ4v) is 3.46. The molecule has 0 spiro atoms. The maximum atomic E-state index is 12.6. The molecule has 2 amide bonds. The Balaban J connectivity index is 1.87. The van der Waals surface area contributed by atoms with E-state index in [1.54, 1.807) is 12.0 Å². The van der Waals surface area contributed by atoms with Crippen LogP contribution in [0.1, 0.15) is 32.3 Å². The molecule has 6 nitrogen and oxygen atoms in total. The van der Waals surface area contributed by atoms with Crippen LogP contribution in [0.15, 0.2) is 5.38 Å². The molecule has 1 fully saturated rings. The number of nitrogen functional groups attached to an aromatic ring is 1. The molecular formula is C13H17N3O3S. The van der Waals surface area contributed by atoms with E-state index in [1.807, 2.05) is 12.3 Å². The van der Waals surface area contributed by atoms with E-state index in [1.165, 1.54) is 16.2 Å². The maximum Gasteiger partial charge on any atom is 0.252 e. The Morgan fingerprint density at radius 3 is 2.90 bits per heavy atom. The topological polar surface area (TPSA) is 75.9 Å². The normalized spacial score (nSPS) is 26.8. The zero-order valence-corrected chi connectivity index (χ0v) is 12.3. The molecular weight excluding hydrogens is 278 g/mol. The van der Waals surface area contributed by atoms with Gasteiger partial charge < -0.3 is 10.6 Å². The summed E-state index contributed by atoms with van der Waals surface area (Å²) < 4.78 is 0. The summed E-state index contributed by atoms with van der Waals surface area (Å²) in [6, 6.07) is 0. The Labute approximate surface area is 121 Å².